The van der Waals surface area contributed by atoms with Crippen LogP contribution in [0.15, 0.2) is 0 Å². The Morgan fingerprint density at radius 3 is 1.86 bits per heavy atom. The Morgan fingerprint density at radius 2 is 1.50 bits per heavy atom. The molecule has 0 fully saturated rings. The van der Waals surface area contributed by atoms with Gasteiger partial charge in [-0.1, -0.05) is 48.5 Å². The van der Waals surface area contributed by atoms with Gasteiger partial charge in [-0.15, -0.1) is 0 Å². The summed E-state index contributed by atoms with van der Waals surface area (Å²) >= 11 is 0. The van der Waals surface area contributed by atoms with Crippen molar-refractivity contribution in [2.24, 2.45) is 16.7 Å². The zero-order chi connectivity index (χ0) is 11.4. The molecule has 0 saturated heterocycles. The van der Waals surface area contributed by atoms with E-state index in [2.05, 4.69) is 53.8 Å². The largest absolute Gasteiger partial charge is 0.316 e. The zero-order valence-corrected chi connectivity index (χ0v) is 11.2. The van der Waals surface area contributed by atoms with Crippen LogP contribution in [0.5, 0.6) is 0 Å². The van der Waals surface area contributed by atoms with E-state index in [0.717, 1.165) is 19.0 Å². The normalized spacial score (nSPS) is 13.7. The maximum absolute atomic E-state index is 3.56. The quantitative estimate of drug-likeness (QED) is 0.666. The van der Waals surface area contributed by atoms with Crippen molar-refractivity contribution in [3.05, 3.63) is 0 Å². The molecule has 86 valence electrons. The summed E-state index contributed by atoms with van der Waals surface area (Å²) in [5.41, 5.74) is 0.868. The second kappa shape index (κ2) is 5.16. The van der Waals surface area contributed by atoms with E-state index in [-0.39, 0.29) is 0 Å². The highest BCUT2D eigenvalue weighted by molar-refractivity contribution is 4.75. The Morgan fingerprint density at radius 1 is 1.00 bits per heavy atom. The molecule has 0 heterocycles. The lowest BCUT2D eigenvalue weighted by atomic mass is 9.81. The molecule has 0 spiro atoms. The van der Waals surface area contributed by atoms with Crippen molar-refractivity contribution < 1.29 is 0 Å². The monoisotopic (exact) mass is 199 g/mol. The molecule has 0 atom stereocenters. The predicted octanol–water partition coefficient (Wildman–Crippen LogP) is 3.69. The van der Waals surface area contributed by atoms with Crippen LogP contribution in [0.2, 0.25) is 0 Å². The molecule has 0 aromatic carbocycles. The van der Waals surface area contributed by atoms with E-state index in [1.54, 1.807) is 0 Å². The second-order valence-electron chi connectivity index (χ2n) is 6.63. The first-order chi connectivity index (χ1) is 6.15. The molecular formula is C13H29N. The van der Waals surface area contributed by atoms with Crippen LogP contribution in [-0.2, 0) is 0 Å². The SMILES string of the molecule is CC(C)C(C)(C)CNCCC(C)(C)C. The number of hydrogen-bond donors (Lipinski definition) is 1. The highest BCUT2D eigenvalue weighted by Crippen LogP contribution is 2.25. The highest BCUT2D eigenvalue weighted by Gasteiger charge is 2.21. The van der Waals surface area contributed by atoms with Crippen molar-refractivity contribution in [1.29, 1.82) is 0 Å². The Hall–Kier alpha value is -0.0400. The molecule has 0 amide bonds. The highest BCUT2D eigenvalue weighted by atomic mass is 14.9. The van der Waals surface area contributed by atoms with Gasteiger partial charge in [-0.3, -0.25) is 0 Å². The minimum Gasteiger partial charge on any atom is -0.316 e. The molecule has 14 heavy (non-hydrogen) atoms. The molecule has 0 aromatic heterocycles. The average molecular weight is 199 g/mol. The lowest BCUT2D eigenvalue weighted by Gasteiger charge is -2.30. The summed E-state index contributed by atoms with van der Waals surface area (Å²) in [4.78, 5) is 0. The summed E-state index contributed by atoms with van der Waals surface area (Å²) in [5, 5.41) is 3.56. The van der Waals surface area contributed by atoms with Crippen LogP contribution in [0.3, 0.4) is 0 Å². The summed E-state index contributed by atoms with van der Waals surface area (Å²) in [7, 11) is 0. The number of nitrogens with one attached hydrogen (secondary N) is 1. The first-order valence-corrected chi connectivity index (χ1v) is 5.86. The van der Waals surface area contributed by atoms with E-state index >= 15 is 0 Å². The maximum Gasteiger partial charge on any atom is 0.000497 e. The Balaban J connectivity index is 3.65. The Labute approximate surface area is 90.7 Å². The first kappa shape index (κ1) is 14.0. The molecule has 1 heteroatoms. The van der Waals surface area contributed by atoms with Gasteiger partial charge >= 0.3 is 0 Å². The Kier molecular flexibility index (Phi) is 5.14. The zero-order valence-electron chi connectivity index (χ0n) is 11.2. The van der Waals surface area contributed by atoms with Gasteiger partial charge in [-0.05, 0) is 29.7 Å². The third-order valence-corrected chi connectivity index (χ3v) is 3.20. The Bertz CT molecular complexity index is 151. The maximum atomic E-state index is 3.56. The molecule has 0 unspecified atom stereocenters. The molecule has 0 aliphatic carbocycles. The fraction of sp³-hybridized carbons (Fsp3) is 1.00. The smallest absolute Gasteiger partial charge is 0.000497 e. The van der Waals surface area contributed by atoms with E-state index < -0.39 is 0 Å². The minimum atomic E-state index is 0.415. The van der Waals surface area contributed by atoms with Gasteiger partial charge in [-0.2, -0.15) is 0 Å². The van der Waals surface area contributed by atoms with Gasteiger partial charge in [0.2, 0.25) is 0 Å². The summed E-state index contributed by atoms with van der Waals surface area (Å²) in [6.45, 7) is 18.4. The van der Waals surface area contributed by atoms with Gasteiger partial charge in [0, 0.05) is 6.54 Å². The molecule has 1 nitrogen and oxygen atoms in total. The van der Waals surface area contributed by atoms with Crippen molar-refractivity contribution in [3.63, 3.8) is 0 Å². The fourth-order valence-electron chi connectivity index (χ4n) is 1.08. The standard InChI is InChI=1S/C13H29N/c1-11(2)13(6,7)10-14-9-8-12(3,4)5/h11,14H,8-10H2,1-7H3. The van der Waals surface area contributed by atoms with Gasteiger partial charge in [0.1, 0.15) is 0 Å². The van der Waals surface area contributed by atoms with Crippen LogP contribution in [0.4, 0.5) is 0 Å². The lowest BCUT2D eigenvalue weighted by Crippen LogP contribution is -2.34. The summed E-state index contributed by atoms with van der Waals surface area (Å²) in [6, 6.07) is 0. The minimum absolute atomic E-state index is 0.415. The molecular weight excluding hydrogens is 170 g/mol. The van der Waals surface area contributed by atoms with Crippen LogP contribution in [0.25, 0.3) is 0 Å². The molecule has 0 aliphatic rings. The van der Waals surface area contributed by atoms with Gasteiger partial charge < -0.3 is 5.32 Å². The van der Waals surface area contributed by atoms with E-state index in [0.29, 0.717) is 10.8 Å². The van der Waals surface area contributed by atoms with E-state index in [1.165, 1.54) is 6.42 Å². The molecule has 0 aromatic rings. The lowest BCUT2D eigenvalue weighted by molar-refractivity contribution is 0.233. The van der Waals surface area contributed by atoms with Crippen LogP contribution in [0.1, 0.15) is 54.9 Å². The van der Waals surface area contributed by atoms with E-state index in [1.807, 2.05) is 0 Å². The second-order valence-corrected chi connectivity index (χ2v) is 6.63. The third-order valence-electron chi connectivity index (χ3n) is 3.20. The van der Waals surface area contributed by atoms with E-state index in [4.69, 9.17) is 0 Å². The molecule has 1 N–H and O–H groups in total. The molecule has 0 bridgehead atoms. The van der Waals surface area contributed by atoms with E-state index in [9.17, 15) is 0 Å². The molecule has 0 radical (unpaired) electrons. The number of hydrogen-bond acceptors (Lipinski definition) is 1. The fourth-order valence-corrected chi connectivity index (χ4v) is 1.08. The average Bonchev–Trinajstić information content (AvgIpc) is 1.96. The topological polar surface area (TPSA) is 12.0 Å². The van der Waals surface area contributed by atoms with Crippen LogP contribution < -0.4 is 5.32 Å². The van der Waals surface area contributed by atoms with Gasteiger partial charge in [0.25, 0.3) is 0 Å². The molecule has 0 rings (SSSR count). The van der Waals surface area contributed by atoms with Crippen molar-refractivity contribution in [3.8, 4) is 0 Å². The van der Waals surface area contributed by atoms with Gasteiger partial charge in [0.05, 0.1) is 0 Å². The predicted molar refractivity (Wildman–Crippen MR) is 65.6 cm³/mol. The molecule has 0 saturated carbocycles. The van der Waals surface area contributed by atoms with Crippen molar-refractivity contribution in [2.75, 3.05) is 13.1 Å². The van der Waals surface area contributed by atoms with Gasteiger partial charge in [-0.25, -0.2) is 0 Å². The van der Waals surface area contributed by atoms with Crippen molar-refractivity contribution in [2.45, 2.75) is 54.9 Å². The summed E-state index contributed by atoms with van der Waals surface area (Å²) in [6.07, 6.45) is 1.25. The van der Waals surface area contributed by atoms with Crippen LogP contribution >= 0.6 is 0 Å². The first-order valence-electron chi connectivity index (χ1n) is 5.86. The van der Waals surface area contributed by atoms with Gasteiger partial charge in [0.15, 0.2) is 0 Å². The van der Waals surface area contributed by atoms with Crippen molar-refractivity contribution in [1.82, 2.24) is 5.32 Å². The van der Waals surface area contributed by atoms with Crippen LogP contribution in [-0.4, -0.2) is 13.1 Å². The summed E-state index contributed by atoms with van der Waals surface area (Å²) < 4.78 is 0. The number of rotatable bonds is 5. The van der Waals surface area contributed by atoms with Crippen LogP contribution in [0, 0.1) is 16.7 Å². The molecule has 0 aliphatic heterocycles. The van der Waals surface area contributed by atoms with Crippen molar-refractivity contribution >= 4 is 0 Å². The third kappa shape index (κ3) is 6.42. The summed E-state index contributed by atoms with van der Waals surface area (Å²) in [5.74, 6) is 0.740.